The van der Waals surface area contributed by atoms with E-state index in [1.54, 1.807) is 23.7 Å². The maximum atomic E-state index is 13.1. The molecule has 0 spiro atoms. The van der Waals surface area contributed by atoms with E-state index >= 15 is 0 Å². The molecule has 5 rings (SSSR count). The molecule has 1 unspecified atom stereocenters. The summed E-state index contributed by atoms with van der Waals surface area (Å²) in [5.74, 6) is 1.43. The van der Waals surface area contributed by atoms with Crippen LogP contribution in [0.2, 0.25) is 0 Å². The molecule has 6 nitrogen and oxygen atoms in total. The molecule has 1 N–H and O–H groups in total. The fraction of sp³-hybridized carbons (Fsp3) is 0.500. The van der Waals surface area contributed by atoms with Gasteiger partial charge in [0.05, 0.1) is 5.69 Å². The molecule has 1 aromatic carbocycles. The Hall–Kier alpha value is -2.28. The van der Waals surface area contributed by atoms with Gasteiger partial charge in [-0.25, -0.2) is 14.1 Å². The molecule has 25 heavy (non-hydrogen) atoms. The van der Waals surface area contributed by atoms with E-state index in [9.17, 15) is 9.18 Å². The molecule has 1 amide bonds. The van der Waals surface area contributed by atoms with Crippen molar-refractivity contribution in [3.63, 3.8) is 0 Å². The zero-order valence-corrected chi connectivity index (χ0v) is 14.3. The third-order valence-electron chi connectivity index (χ3n) is 5.36. The van der Waals surface area contributed by atoms with Gasteiger partial charge in [-0.05, 0) is 69.0 Å². The number of piperidine rings is 3. The molecule has 3 aliphatic rings. The quantitative estimate of drug-likeness (QED) is 0.919. The molecule has 3 saturated heterocycles. The van der Waals surface area contributed by atoms with E-state index in [4.69, 9.17) is 0 Å². The highest BCUT2D eigenvalue weighted by Crippen LogP contribution is 2.31. The van der Waals surface area contributed by atoms with Gasteiger partial charge in [0, 0.05) is 13.1 Å². The molecule has 4 heterocycles. The Morgan fingerprint density at radius 2 is 2.00 bits per heavy atom. The summed E-state index contributed by atoms with van der Waals surface area (Å²) in [6.07, 6.45) is 2.47. The molecule has 7 heteroatoms. The van der Waals surface area contributed by atoms with Gasteiger partial charge in [-0.2, -0.15) is 0 Å². The molecular formula is C18H22FN5O. The van der Waals surface area contributed by atoms with Crippen LogP contribution in [0, 0.1) is 24.6 Å². The molecule has 2 bridgehead atoms. The minimum atomic E-state index is -0.308. The normalized spacial score (nSPS) is 25.1. The number of aryl methyl sites for hydroxylation is 1. The van der Waals surface area contributed by atoms with Gasteiger partial charge in [0.2, 0.25) is 5.82 Å². The molecule has 3 fully saturated rings. The van der Waals surface area contributed by atoms with Gasteiger partial charge in [-0.1, -0.05) is 0 Å². The van der Waals surface area contributed by atoms with Crippen molar-refractivity contribution in [1.29, 1.82) is 0 Å². The summed E-state index contributed by atoms with van der Waals surface area (Å²) in [5.41, 5.74) is 0.683. The van der Waals surface area contributed by atoms with Gasteiger partial charge in [0.25, 0.3) is 5.91 Å². The Morgan fingerprint density at radius 1 is 1.28 bits per heavy atom. The van der Waals surface area contributed by atoms with Gasteiger partial charge < -0.3 is 10.2 Å². The average Bonchev–Trinajstić information content (AvgIpc) is 3.03. The lowest BCUT2D eigenvalue weighted by Gasteiger charge is -2.44. The number of rotatable bonds is 4. The Labute approximate surface area is 146 Å². The van der Waals surface area contributed by atoms with Crippen molar-refractivity contribution in [3.05, 3.63) is 41.7 Å². The Balaban J connectivity index is 1.42. The molecule has 0 aliphatic carbocycles. The molecule has 1 atom stereocenters. The Morgan fingerprint density at radius 3 is 2.64 bits per heavy atom. The number of halogens is 1. The minimum Gasteiger partial charge on any atom is -0.349 e. The third kappa shape index (κ3) is 3.28. The van der Waals surface area contributed by atoms with Crippen molar-refractivity contribution in [1.82, 2.24) is 25.0 Å². The first kappa shape index (κ1) is 16.2. The smallest absolute Gasteiger partial charge is 0.290 e. The van der Waals surface area contributed by atoms with E-state index in [1.807, 2.05) is 0 Å². The molecule has 0 radical (unpaired) electrons. The lowest BCUT2D eigenvalue weighted by molar-refractivity contribution is 0.0495. The fourth-order valence-electron chi connectivity index (χ4n) is 3.93. The predicted molar refractivity (Wildman–Crippen MR) is 91.0 cm³/mol. The summed E-state index contributed by atoms with van der Waals surface area (Å²) in [7, 11) is 0. The first-order chi connectivity index (χ1) is 12.1. The molecule has 132 valence electrons. The summed E-state index contributed by atoms with van der Waals surface area (Å²) in [6, 6.07) is 5.96. The summed E-state index contributed by atoms with van der Waals surface area (Å²) in [4.78, 5) is 19.2. The minimum absolute atomic E-state index is 0.156. The lowest BCUT2D eigenvalue weighted by atomic mass is 9.79. The molecule has 2 aromatic rings. The van der Waals surface area contributed by atoms with Crippen molar-refractivity contribution in [2.24, 2.45) is 11.8 Å². The number of aromatic nitrogens is 3. The molecule has 1 aromatic heterocycles. The highest BCUT2D eigenvalue weighted by molar-refractivity contribution is 5.90. The number of nitrogens with one attached hydrogen (secondary N) is 1. The van der Waals surface area contributed by atoms with Gasteiger partial charge in [0.15, 0.2) is 0 Å². The van der Waals surface area contributed by atoms with Crippen molar-refractivity contribution < 1.29 is 9.18 Å². The number of fused-ring (bicyclic) bond motifs is 3. The second-order valence-electron chi connectivity index (χ2n) is 6.98. The molecule has 3 aliphatic heterocycles. The first-order valence-corrected chi connectivity index (χ1v) is 8.80. The summed E-state index contributed by atoms with van der Waals surface area (Å²) in [5, 5.41) is 7.27. The van der Waals surface area contributed by atoms with Gasteiger partial charge >= 0.3 is 0 Å². The highest BCUT2D eigenvalue weighted by atomic mass is 19.1. The van der Waals surface area contributed by atoms with E-state index in [-0.39, 0.29) is 17.5 Å². The van der Waals surface area contributed by atoms with Crippen LogP contribution in [-0.2, 0) is 0 Å². The second-order valence-corrected chi connectivity index (χ2v) is 6.98. The molecule has 0 saturated carbocycles. The van der Waals surface area contributed by atoms with Crippen LogP contribution in [0.4, 0.5) is 4.39 Å². The van der Waals surface area contributed by atoms with Gasteiger partial charge in [-0.15, -0.1) is 5.10 Å². The average molecular weight is 343 g/mol. The summed E-state index contributed by atoms with van der Waals surface area (Å²) in [6.45, 7) is 5.90. The van der Waals surface area contributed by atoms with E-state index in [2.05, 4.69) is 20.3 Å². The van der Waals surface area contributed by atoms with Crippen LogP contribution >= 0.6 is 0 Å². The summed E-state index contributed by atoms with van der Waals surface area (Å²) < 4.78 is 14.6. The van der Waals surface area contributed by atoms with Crippen LogP contribution in [0.3, 0.4) is 0 Å². The second kappa shape index (κ2) is 6.55. The maximum Gasteiger partial charge on any atom is 0.290 e. The van der Waals surface area contributed by atoms with Crippen molar-refractivity contribution in [3.8, 4) is 5.69 Å². The number of benzene rings is 1. The van der Waals surface area contributed by atoms with Crippen LogP contribution in [0.25, 0.3) is 5.69 Å². The Bertz CT molecular complexity index is 764. The number of carbonyl (C=O) groups excluding carboxylic acids is 1. The topological polar surface area (TPSA) is 63.1 Å². The number of amides is 1. The predicted octanol–water partition coefficient (Wildman–Crippen LogP) is 1.79. The monoisotopic (exact) mass is 343 g/mol. The SMILES string of the molecule is Cc1nc(C(=O)NCC2CN3CCC2CC3)nn1-c1ccc(F)cc1. The van der Waals surface area contributed by atoms with E-state index in [1.165, 1.54) is 38.1 Å². The maximum absolute atomic E-state index is 13.1. The largest absolute Gasteiger partial charge is 0.349 e. The van der Waals surface area contributed by atoms with Crippen LogP contribution in [0.15, 0.2) is 24.3 Å². The zero-order chi connectivity index (χ0) is 17.4. The molecular weight excluding hydrogens is 321 g/mol. The number of nitrogens with zero attached hydrogens (tertiary/aromatic N) is 4. The number of hydrogen-bond acceptors (Lipinski definition) is 4. The summed E-state index contributed by atoms with van der Waals surface area (Å²) >= 11 is 0. The van der Waals surface area contributed by atoms with E-state index < -0.39 is 0 Å². The van der Waals surface area contributed by atoms with E-state index in [0.717, 1.165) is 12.5 Å². The standard InChI is InChI=1S/C18H22FN5O/c1-12-21-17(22-24(12)16-4-2-15(19)3-5-16)18(25)20-10-14-11-23-8-6-13(14)7-9-23/h2-5,13-14H,6-11H2,1H3,(H,20,25). The van der Waals surface area contributed by atoms with Crippen molar-refractivity contribution in [2.45, 2.75) is 19.8 Å². The lowest BCUT2D eigenvalue weighted by Crippen LogP contribution is -2.50. The first-order valence-electron chi connectivity index (χ1n) is 8.80. The number of carbonyl (C=O) groups is 1. The van der Waals surface area contributed by atoms with Crippen LogP contribution < -0.4 is 5.32 Å². The van der Waals surface area contributed by atoms with Crippen molar-refractivity contribution >= 4 is 5.91 Å². The van der Waals surface area contributed by atoms with Crippen LogP contribution in [0.5, 0.6) is 0 Å². The van der Waals surface area contributed by atoms with Gasteiger partial charge in [-0.3, -0.25) is 4.79 Å². The Kier molecular flexibility index (Phi) is 4.25. The van der Waals surface area contributed by atoms with Crippen LogP contribution in [0.1, 0.15) is 29.3 Å². The zero-order valence-electron chi connectivity index (χ0n) is 14.3. The van der Waals surface area contributed by atoms with E-state index in [0.29, 0.717) is 24.0 Å². The van der Waals surface area contributed by atoms with Crippen LogP contribution in [-0.4, -0.2) is 51.8 Å². The van der Waals surface area contributed by atoms with Crippen molar-refractivity contribution in [2.75, 3.05) is 26.2 Å². The van der Waals surface area contributed by atoms with Gasteiger partial charge in [0.1, 0.15) is 11.6 Å². The highest BCUT2D eigenvalue weighted by Gasteiger charge is 2.34. The third-order valence-corrected chi connectivity index (χ3v) is 5.36. The fourth-order valence-corrected chi connectivity index (χ4v) is 3.93. The number of hydrogen-bond donors (Lipinski definition) is 1.